The van der Waals surface area contributed by atoms with Crippen LogP contribution < -0.4 is 0 Å². The summed E-state index contributed by atoms with van der Waals surface area (Å²) in [6.07, 6.45) is 6.25. The molecule has 0 bridgehead atoms. The fourth-order valence-electron chi connectivity index (χ4n) is 3.20. The van der Waals surface area contributed by atoms with Gasteiger partial charge in [-0.05, 0) is 39.5 Å². The van der Waals surface area contributed by atoms with Gasteiger partial charge in [0.15, 0.2) is 0 Å². The number of epoxide rings is 1. The van der Waals surface area contributed by atoms with Crippen LogP contribution in [0.2, 0.25) is 0 Å². The Kier molecular flexibility index (Phi) is 2.63. The molecule has 3 heteroatoms. The van der Waals surface area contributed by atoms with Crippen LogP contribution >= 0.6 is 0 Å². The number of hydrogen-bond donors (Lipinski definition) is 0. The van der Waals surface area contributed by atoms with Crippen molar-refractivity contribution in [2.75, 3.05) is 0 Å². The molecule has 0 spiro atoms. The lowest BCUT2D eigenvalue weighted by Crippen LogP contribution is -2.28. The lowest BCUT2D eigenvalue weighted by molar-refractivity contribution is -0.140. The smallest absolute Gasteiger partial charge is 0.334 e. The van der Waals surface area contributed by atoms with Crippen molar-refractivity contribution in [2.24, 2.45) is 5.92 Å². The molecule has 2 fully saturated rings. The van der Waals surface area contributed by atoms with Crippen LogP contribution in [0.5, 0.6) is 0 Å². The van der Waals surface area contributed by atoms with Crippen molar-refractivity contribution in [3.8, 4) is 0 Å². The molecule has 0 aromatic rings. The Hall–Kier alpha value is -1.09. The van der Waals surface area contributed by atoms with Gasteiger partial charge in [0.25, 0.3) is 0 Å². The predicted molar refractivity (Wildman–Crippen MR) is 68.0 cm³/mol. The van der Waals surface area contributed by atoms with Gasteiger partial charge in [-0.2, -0.15) is 0 Å². The minimum absolute atomic E-state index is 0.0671. The number of fused-ring (bicyclic) bond motifs is 3. The van der Waals surface area contributed by atoms with Crippen LogP contribution in [0.1, 0.15) is 39.5 Å². The SMILES string of the molecule is C=C1C(=O)O[C@H]2[C@H]1CC/C(C)=C\CC[C@]1(C)O[C@@H]21. The van der Waals surface area contributed by atoms with Crippen LogP contribution in [0.25, 0.3) is 0 Å². The van der Waals surface area contributed by atoms with Crippen LogP contribution in [0.4, 0.5) is 0 Å². The first kappa shape index (κ1) is 12.0. The molecule has 0 radical (unpaired) electrons. The van der Waals surface area contributed by atoms with Crippen LogP contribution in [0.15, 0.2) is 23.8 Å². The van der Waals surface area contributed by atoms with Gasteiger partial charge < -0.3 is 9.47 Å². The van der Waals surface area contributed by atoms with Crippen LogP contribution in [-0.2, 0) is 14.3 Å². The molecule has 0 unspecified atom stereocenters. The molecule has 4 atom stereocenters. The molecule has 0 N–H and O–H groups in total. The van der Waals surface area contributed by atoms with Crippen molar-refractivity contribution in [1.29, 1.82) is 0 Å². The van der Waals surface area contributed by atoms with E-state index >= 15 is 0 Å². The topological polar surface area (TPSA) is 38.8 Å². The quantitative estimate of drug-likeness (QED) is 0.286. The van der Waals surface area contributed by atoms with Gasteiger partial charge in [-0.25, -0.2) is 4.79 Å². The zero-order chi connectivity index (χ0) is 12.9. The normalized spacial score (nSPS) is 46.6. The predicted octanol–water partition coefficient (Wildman–Crippen LogP) is 2.76. The van der Waals surface area contributed by atoms with Gasteiger partial charge in [-0.1, -0.05) is 18.2 Å². The van der Waals surface area contributed by atoms with Gasteiger partial charge in [-0.3, -0.25) is 0 Å². The van der Waals surface area contributed by atoms with E-state index in [1.807, 2.05) is 0 Å². The average molecular weight is 248 g/mol. The number of ether oxygens (including phenoxy) is 2. The number of carbonyl (C=O) groups excluding carboxylic acids is 1. The van der Waals surface area contributed by atoms with Crippen molar-refractivity contribution < 1.29 is 14.3 Å². The third-order valence-electron chi connectivity index (χ3n) is 4.57. The Morgan fingerprint density at radius 1 is 1.50 bits per heavy atom. The molecular weight excluding hydrogens is 228 g/mol. The summed E-state index contributed by atoms with van der Waals surface area (Å²) >= 11 is 0. The Labute approximate surface area is 108 Å². The van der Waals surface area contributed by atoms with E-state index in [-0.39, 0.29) is 29.7 Å². The molecule has 3 nitrogen and oxygen atoms in total. The minimum Gasteiger partial charge on any atom is -0.455 e. The highest BCUT2D eigenvalue weighted by atomic mass is 16.6. The Balaban J connectivity index is 1.87. The Morgan fingerprint density at radius 2 is 2.28 bits per heavy atom. The number of esters is 1. The van der Waals surface area contributed by atoms with Gasteiger partial charge >= 0.3 is 5.97 Å². The Morgan fingerprint density at radius 3 is 3.06 bits per heavy atom. The second kappa shape index (κ2) is 3.95. The summed E-state index contributed by atoms with van der Waals surface area (Å²) in [5, 5.41) is 0. The van der Waals surface area contributed by atoms with E-state index in [4.69, 9.17) is 9.47 Å². The summed E-state index contributed by atoms with van der Waals surface area (Å²) in [7, 11) is 0. The molecule has 2 heterocycles. The summed E-state index contributed by atoms with van der Waals surface area (Å²) in [5.74, 6) is -0.102. The highest BCUT2D eigenvalue weighted by molar-refractivity contribution is 5.91. The van der Waals surface area contributed by atoms with Crippen LogP contribution in [0.3, 0.4) is 0 Å². The summed E-state index contributed by atoms with van der Waals surface area (Å²) in [6, 6.07) is 0. The molecule has 0 amide bonds. The number of allylic oxidation sites excluding steroid dienone is 2. The fourth-order valence-corrected chi connectivity index (χ4v) is 3.20. The molecular formula is C15H20O3. The highest BCUT2D eigenvalue weighted by Gasteiger charge is 2.61. The van der Waals surface area contributed by atoms with E-state index in [1.165, 1.54) is 5.57 Å². The maximum absolute atomic E-state index is 11.7. The molecule has 3 aliphatic rings. The second-order valence-corrected chi connectivity index (χ2v) is 5.98. The molecule has 3 rings (SSSR count). The molecule has 0 saturated carbocycles. The molecule has 1 aliphatic carbocycles. The van der Waals surface area contributed by atoms with Gasteiger partial charge in [0.2, 0.25) is 0 Å². The highest BCUT2D eigenvalue weighted by Crippen LogP contribution is 2.49. The van der Waals surface area contributed by atoms with Crippen molar-refractivity contribution in [1.82, 2.24) is 0 Å². The third kappa shape index (κ3) is 1.81. The van der Waals surface area contributed by atoms with E-state index in [0.29, 0.717) is 5.57 Å². The first-order chi connectivity index (χ1) is 8.51. The summed E-state index contributed by atoms with van der Waals surface area (Å²) in [6.45, 7) is 8.17. The standard InChI is InChI=1S/C15H20O3/c1-9-5-4-8-15(3)13(18-15)12-11(7-6-9)10(2)14(16)17-12/h5,11-13H,2,4,6-8H2,1,3H3/b9-5-/t11-,12-,13-,15-/m0/s1. The van der Waals surface area contributed by atoms with Crippen molar-refractivity contribution in [3.05, 3.63) is 23.8 Å². The van der Waals surface area contributed by atoms with Gasteiger partial charge in [0.1, 0.15) is 12.2 Å². The molecule has 2 aliphatic heterocycles. The number of rotatable bonds is 0. The van der Waals surface area contributed by atoms with Gasteiger partial charge in [0, 0.05) is 11.5 Å². The number of carbonyl (C=O) groups is 1. The minimum atomic E-state index is -0.233. The monoisotopic (exact) mass is 248 g/mol. The van der Waals surface area contributed by atoms with E-state index in [9.17, 15) is 4.79 Å². The summed E-state index contributed by atoms with van der Waals surface area (Å²) in [4.78, 5) is 11.7. The van der Waals surface area contributed by atoms with Gasteiger partial charge in [-0.15, -0.1) is 0 Å². The maximum atomic E-state index is 11.7. The lowest BCUT2D eigenvalue weighted by atomic mass is 9.84. The summed E-state index contributed by atoms with van der Waals surface area (Å²) in [5.41, 5.74) is 1.91. The third-order valence-corrected chi connectivity index (χ3v) is 4.57. The summed E-state index contributed by atoms with van der Waals surface area (Å²) < 4.78 is 11.3. The van der Waals surface area contributed by atoms with Crippen LogP contribution in [-0.4, -0.2) is 23.8 Å². The van der Waals surface area contributed by atoms with E-state index < -0.39 is 0 Å². The second-order valence-electron chi connectivity index (χ2n) is 5.98. The van der Waals surface area contributed by atoms with E-state index in [0.717, 1.165) is 25.7 Å². The maximum Gasteiger partial charge on any atom is 0.334 e. The molecule has 98 valence electrons. The first-order valence-electron chi connectivity index (χ1n) is 6.74. The van der Waals surface area contributed by atoms with Gasteiger partial charge in [0.05, 0.1) is 5.60 Å². The average Bonchev–Trinajstić information content (AvgIpc) is 2.90. The lowest BCUT2D eigenvalue weighted by Gasteiger charge is -2.19. The van der Waals surface area contributed by atoms with Crippen LogP contribution in [0, 0.1) is 5.92 Å². The van der Waals surface area contributed by atoms with Crippen molar-refractivity contribution >= 4 is 5.97 Å². The molecule has 18 heavy (non-hydrogen) atoms. The van der Waals surface area contributed by atoms with Crippen molar-refractivity contribution in [3.63, 3.8) is 0 Å². The molecule has 0 aromatic carbocycles. The first-order valence-corrected chi connectivity index (χ1v) is 6.74. The zero-order valence-corrected chi connectivity index (χ0v) is 11.1. The zero-order valence-electron chi connectivity index (χ0n) is 11.1. The van der Waals surface area contributed by atoms with E-state index in [2.05, 4.69) is 26.5 Å². The molecule has 2 saturated heterocycles. The fraction of sp³-hybridized carbons (Fsp3) is 0.667. The number of hydrogen-bond acceptors (Lipinski definition) is 3. The Bertz CT molecular complexity index is 437. The van der Waals surface area contributed by atoms with E-state index in [1.54, 1.807) is 0 Å². The van der Waals surface area contributed by atoms with Crippen molar-refractivity contribution in [2.45, 2.75) is 57.3 Å². The largest absolute Gasteiger partial charge is 0.455 e. The molecule has 0 aromatic heterocycles.